The molecule has 1 aromatic carbocycles. The molecule has 0 unspecified atom stereocenters. The number of likely N-dealkylation sites (tertiary alicyclic amines) is 1. The first kappa shape index (κ1) is 25.6. The third kappa shape index (κ3) is 7.23. The van der Waals surface area contributed by atoms with Gasteiger partial charge in [-0.25, -0.2) is 4.98 Å². The first-order chi connectivity index (χ1) is 16.2. The molecule has 9 nitrogen and oxygen atoms in total. The largest absolute Gasteiger partial charge is 0.484 e. The van der Waals surface area contributed by atoms with Crippen molar-refractivity contribution in [3.63, 3.8) is 0 Å². The highest BCUT2D eigenvalue weighted by Crippen LogP contribution is 2.28. The van der Waals surface area contributed by atoms with E-state index in [1.165, 1.54) is 12.3 Å². The van der Waals surface area contributed by atoms with Crippen molar-refractivity contribution in [1.29, 1.82) is 0 Å². The van der Waals surface area contributed by atoms with Crippen LogP contribution in [0.3, 0.4) is 0 Å². The molecule has 2 heterocycles. The molecule has 3 amide bonds. The minimum absolute atomic E-state index is 0.0552. The van der Waals surface area contributed by atoms with Gasteiger partial charge in [-0.1, -0.05) is 29.8 Å². The molecule has 1 aromatic heterocycles. The number of nitrogens with one attached hydrogen (secondary N) is 2. The second kappa shape index (κ2) is 11.9. The van der Waals surface area contributed by atoms with Crippen molar-refractivity contribution < 1.29 is 23.5 Å². The summed E-state index contributed by atoms with van der Waals surface area (Å²) in [7, 11) is 0. The normalized spacial score (nSPS) is 13.9. The zero-order chi connectivity index (χ0) is 24.7. The molecule has 3 rings (SSSR count). The van der Waals surface area contributed by atoms with Crippen LogP contribution >= 0.6 is 23.2 Å². The van der Waals surface area contributed by atoms with Gasteiger partial charge in [0.2, 0.25) is 11.7 Å². The minimum atomic E-state index is -0.459. The van der Waals surface area contributed by atoms with E-state index in [1.807, 2.05) is 0 Å². The van der Waals surface area contributed by atoms with Gasteiger partial charge in [-0.15, -0.1) is 0 Å². The minimum Gasteiger partial charge on any atom is -0.484 e. The predicted octanol–water partition coefficient (Wildman–Crippen LogP) is 3.54. The van der Waals surface area contributed by atoms with E-state index in [0.29, 0.717) is 46.9 Å². The highest BCUT2D eigenvalue weighted by Gasteiger charge is 2.26. The fraction of sp³-hybridized carbons (Fsp3) is 0.391. The van der Waals surface area contributed by atoms with Crippen molar-refractivity contribution in [2.24, 2.45) is 0 Å². The number of carbonyl (C=O) groups excluding carboxylic acids is 3. The van der Waals surface area contributed by atoms with Crippen LogP contribution in [0.15, 0.2) is 41.1 Å². The average molecular weight is 509 g/mol. The highest BCUT2D eigenvalue weighted by molar-refractivity contribution is 6.42. The van der Waals surface area contributed by atoms with Crippen molar-refractivity contribution in [1.82, 2.24) is 20.5 Å². The lowest BCUT2D eigenvalue weighted by atomic mass is 9.97. The fourth-order valence-corrected chi connectivity index (χ4v) is 3.71. The molecule has 2 N–H and O–H groups in total. The molecular formula is C23H26Cl2N4O5. The summed E-state index contributed by atoms with van der Waals surface area (Å²) in [6.07, 6.45) is 3.19. The summed E-state index contributed by atoms with van der Waals surface area (Å²) in [5.41, 5.74) is 0.420. The average Bonchev–Trinajstić information content (AvgIpc) is 3.30. The number of ether oxygens (including phenoxy) is 1. The van der Waals surface area contributed by atoms with Crippen LogP contribution in [-0.4, -0.2) is 53.8 Å². The van der Waals surface area contributed by atoms with E-state index < -0.39 is 5.91 Å². The summed E-state index contributed by atoms with van der Waals surface area (Å²) in [6, 6.07) is 4.72. The Labute approximate surface area is 207 Å². The highest BCUT2D eigenvalue weighted by atomic mass is 35.5. The molecule has 0 bridgehead atoms. The van der Waals surface area contributed by atoms with E-state index in [0.717, 1.165) is 12.8 Å². The topological polar surface area (TPSA) is 114 Å². The van der Waals surface area contributed by atoms with Crippen molar-refractivity contribution >= 4 is 40.9 Å². The zero-order valence-electron chi connectivity index (χ0n) is 18.7. The molecule has 2 aromatic rings. The van der Waals surface area contributed by atoms with Crippen molar-refractivity contribution in [3.8, 4) is 5.75 Å². The van der Waals surface area contributed by atoms with Crippen LogP contribution in [-0.2, 0) is 9.59 Å². The van der Waals surface area contributed by atoms with Gasteiger partial charge in [0.1, 0.15) is 5.75 Å². The van der Waals surface area contributed by atoms with E-state index in [-0.39, 0.29) is 36.6 Å². The maximum atomic E-state index is 12.4. The number of hydrogen-bond acceptors (Lipinski definition) is 6. The fourth-order valence-electron chi connectivity index (χ4n) is 3.43. The van der Waals surface area contributed by atoms with Gasteiger partial charge in [-0.05, 0) is 25.0 Å². The van der Waals surface area contributed by atoms with Crippen LogP contribution < -0.4 is 15.4 Å². The SMILES string of the molecule is C=C(CCNC(=O)COc1ccc(Cl)c(Cl)c1)NC(=O)c1cnc(C2CCN(C(C)=O)CC2)o1. The van der Waals surface area contributed by atoms with E-state index >= 15 is 0 Å². The van der Waals surface area contributed by atoms with Gasteiger partial charge in [0, 0.05) is 50.7 Å². The lowest BCUT2D eigenvalue weighted by molar-refractivity contribution is -0.130. The summed E-state index contributed by atoms with van der Waals surface area (Å²) < 4.78 is 11.0. The molecule has 1 aliphatic heterocycles. The molecule has 11 heteroatoms. The number of halogens is 2. The number of piperidine rings is 1. The Bertz CT molecular complexity index is 1060. The number of oxazole rings is 1. The number of aromatic nitrogens is 1. The molecule has 1 aliphatic rings. The summed E-state index contributed by atoms with van der Waals surface area (Å²) in [6.45, 7) is 6.72. The Morgan fingerprint density at radius 1 is 1.24 bits per heavy atom. The summed E-state index contributed by atoms with van der Waals surface area (Å²) >= 11 is 11.8. The van der Waals surface area contributed by atoms with Gasteiger partial charge < -0.3 is 24.7 Å². The van der Waals surface area contributed by atoms with Gasteiger partial charge in [-0.2, -0.15) is 0 Å². The molecule has 0 aliphatic carbocycles. The number of hydrogen-bond donors (Lipinski definition) is 2. The molecule has 182 valence electrons. The van der Waals surface area contributed by atoms with Gasteiger partial charge >= 0.3 is 0 Å². The lowest BCUT2D eigenvalue weighted by Gasteiger charge is -2.29. The smallest absolute Gasteiger partial charge is 0.292 e. The second-order valence-electron chi connectivity index (χ2n) is 7.87. The molecule has 1 saturated heterocycles. The third-order valence-electron chi connectivity index (χ3n) is 5.34. The quantitative estimate of drug-likeness (QED) is 0.535. The third-order valence-corrected chi connectivity index (χ3v) is 6.08. The first-order valence-electron chi connectivity index (χ1n) is 10.8. The van der Waals surface area contributed by atoms with E-state index in [1.54, 1.807) is 24.0 Å². The first-order valence-corrected chi connectivity index (χ1v) is 11.5. The maximum absolute atomic E-state index is 12.4. The number of rotatable bonds is 9. The standard InChI is InChI=1S/C23H26Cl2N4O5/c1-14(5-8-26-21(31)13-33-17-3-4-18(24)19(25)11-17)28-22(32)20-12-27-23(34-20)16-6-9-29(10-7-16)15(2)30/h3-4,11-12,16H,1,5-10,13H2,2H3,(H,26,31)(H,28,32). The molecule has 0 radical (unpaired) electrons. The zero-order valence-corrected chi connectivity index (χ0v) is 20.2. The molecule has 0 spiro atoms. The van der Waals surface area contributed by atoms with E-state index in [9.17, 15) is 14.4 Å². The molecule has 0 saturated carbocycles. The molecule has 34 heavy (non-hydrogen) atoms. The Morgan fingerprint density at radius 3 is 2.65 bits per heavy atom. The monoisotopic (exact) mass is 508 g/mol. The second-order valence-corrected chi connectivity index (χ2v) is 8.68. The lowest BCUT2D eigenvalue weighted by Crippen LogP contribution is -2.36. The summed E-state index contributed by atoms with van der Waals surface area (Å²) in [5.74, 6) is 0.343. The Morgan fingerprint density at radius 2 is 1.97 bits per heavy atom. The Hall–Kier alpha value is -3.04. The predicted molar refractivity (Wildman–Crippen MR) is 127 cm³/mol. The number of carbonyl (C=O) groups is 3. The summed E-state index contributed by atoms with van der Waals surface area (Å²) in [4.78, 5) is 41.8. The molecule has 0 atom stereocenters. The van der Waals surface area contributed by atoms with Crippen molar-refractivity contribution in [2.75, 3.05) is 26.2 Å². The van der Waals surface area contributed by atoms with Crippen LogP contribution in [0.2, 0.25) is 10.0 Å². The van der Waals surface area contributed by atoms with Gasteiger partial charge in [0.25, 0.3) is 11.8 Å². The van der Waals surface area contributed by atoms with Crippen LogP contribution in [0, 0.1) is 0 Å². The van der Waals surface area contributed by atoms with Crippen molar-refractivity contribution in [3.05, 3.63) is 58.4 Å². The van der Waals surface area contributed by atoms with Crippen LogP contribution in [0.4, 0.5) is 0 Å². The van der Waals surface area contributed by atoms with Gasteiger partial charge in [0.05, 0.1) is 16.2 Å². The van der Waals surface area contributed by atoms with Crippen LogP contribution in [0.25, 0.3) is 0 Å². The Balaban J connectivity index is 1.36. The van der Waals surface area contributed by atoms with E-state index in [2.05, 4.69) is 22.2 Å². The maximum Gasteiger partial charge on any atom is 0.292 e. The van der Waals surface area contributed by atoms with Gasteiger partial charge in [0.15, 0.2) is 12.5 Å². The van der Waals surface area contributed by atoms with Crippen LogP contribution in [0.1, 0.15) is 48.5 Å². The Kier molecular flexibility index (Phi) is 8.95. The summed E-state index contributed by atoms with van der Waals surface area (Å²) in [5, 5.41) is 6.07. The van der Waals surface area contributed by atoms with Crippen LogP contribution in [0.5, 0.6) is 5.75 Å². The van der Waals surface area contributed by atoms with E-state index in [4.69, 9.17) is 32.4 Å². The number of benzene rings is 1. The number of amides is 3. The van der Waals surface area contributed by atoms with Gasteiger partial charge in [-0.3, -0.25) is 14.4 Å². The molecular weight excluding hydrogens is 483 g/mol. The van der Waals surface area contributed by atoms with Crippen molar-refractivity contribution in [2.45, 2.75) is 32.1 Å². The molecule has 1 fully saturated rings. The number of nitrogens with zero attached hydrogens (tertiary/aromatic N) is 2.